The molecule has 15 heavy (non-hydrogen) atoms. The topological polar surface area (TPSA) is 47.7 Å². The summed E-state index contributed by atoms with van der Waals surface area (Å²) in [6.07, 6.45) is 1.77. The van der Waals surface area contributed by atoms with Gasteiger partial charge >= 0.3 is 11.5 Å². The largest absolute Gasteiger partial charge is 0.463 e. The molecule has 0 aliphatic heterocycles. The van der Waals surface area contributed by atoms with Gasteiger partial charge in [-0.2, -0.15) is 0 Å². The number of hydrogen-bond donors (Lipinski definition) is 0. The number of hydrogen-bond acceptors (Lipinski definition) is 3. The highest BCUT2D eigenvalue weighted by Gasteiger charge is 2.46. The van der Waals surface area contributed by atoms with Gasteiger partial charge in [-0.1, -0.05) is 28.7 Å². The van der Waals surface area contributed by atoms with Gasteiger partial charge in [-0.25, -0.2) is 11.4 Å². The lowest BCUT2D eigenvalue weighted by Crippen LogP contribution is -2.37. The van der Waals surface area contributed by atoms with E-state index in [2.05, 4.69) is 9.58 Å². The van der Waals surface area contributed by atoms with Gasteiger partial charge in [0.25, 0.3) is 0 Å². The van der Waals surface area contributed by atoms with Gasteiger partial charge in [0, 0.05) is 0 Å². The third kappa shape index (κ3) is 4.00. The zero-order valence-electron chi connectivity index (χ0n) is 8.62. The van der Waals surface area contributed by atoms with Crippen LogP contribution in [-0.2, 0) is 14.3 Å². The van der Waals surface area contributed by atoms with Crippen molar-refractivity contribution in [2.24, 2.45) is 0 Å². The summed E-state index contributed by atoms with van der Waals surface area (Å²) < 4.78 is 6.27. The smallest absolute Gasteiger partial charge is 0.393 e. The molecule has 0 heterocycles. The maximum atomic E-state index is 11.5. The lowest BCUT2D eigenvalue weighted by atomic mass is 9.90. The average Bonchev–Trinajstić information content (AvgIpc) is 2.22. The highest BCUT2D eigenvalue weighted by atomic mass is 127. The second kappa shape index (κ2) is 6.56. The molecule has 0 aromatic heterocycles. The Balaban J connectivity index is 5.02. The Bertz CT molecular complexity index is 319. The Kier molecular flexibility index (Phi) is 6.17. The molecule has 0 spiro atoms. The van der Waals surface area contributed by atoms with Crippen LogP contribution >= 0.6 is 22.6 Å². The van der Waals surface area contributed by atoms with Crippen molar-refractivity contribution < 1.29 is 14.3 Å². The van der Waals surface area contributed by atoms with Crippen LogP contribution in [0.4, 0.5) is 0 Å². The standard InChI is InChI=1S/C10H12INO3/c1-8(13)7-10(12-2,5-4-6-11)9(14)15-3/h4,6H,5,7H2,1,3H3/b6-4+/t10-/m1/s1. The Morgan fingerprint density at radius 1 is 1.60 bits per heavy atom. The SMILES string of the molecule is [C-]#[N+][C@](C/C=C/I)(CC(C)=O)C(=O)OC. The van der Waals surface area contributed by atoms with E-state index in [-0.39, 0.29) is 18.6 Å². The van der Waals surface area contributed by atoms with E-state index in [0.29, 0.717) is 0 Å². The van der Waals surface area contributed by atoms with Crippen molar-refractivity contribution in [2.45, 2.75) is 25.3 Å². The van der Waals surface area contributed by atoms with E-state index in [4.69, 9.17) is 6.57 Å². The van der Waals surface area contributed by atoms with E-state index >= 15 is 0 Å². The predicted octanol–water partition coefficient (Wildman–Crippen LogP) is 2.14. The van der Waals surface area contributed by atoms with Crippen molar-refractivity contribution in [3.05, 3.63) is 21.6 Å². The first-order valence-electron chi connectivity index (χ1n) is 4.24. The number of carbonyl (C=O) groups excluding carboxylic acids is 2. The van der Waals surface area contributed by atoms with Crippen LogP contribution in [-0.4, -0.2) is 24.4 Å². The highest BCUT2D eigenvalue weighted by molar-refractivity contribution is 14.1. The predicted molar refractivity (Wildman–Crippen MR) is 64.4 cm³/mol. The van der Waals surface area contributed by atoms with Crippen molar-refractivity contribution >= 4 is 34.3 Å². The number of carbonyl (C=O) groups is 2. The number of ketones is 1. The summed E-state index contributed by atoms with van der Waals surface area (Å²) in [6, 6.07) is 0. The van der Waals surface area contributed by atoms with E-state index in [0.717, 1.165) is 0 Å². The molecule has 5 heteroatoms. The molecule has 0 N–H and O–H groups in total. The fourth-order valence-corrected chi connectivity index (χ4v) is 1.45. The van der Waals surface area contributed by atoms with Crippen LogP contribution in [0.25, 0.3) is 4.85 Å². The summed E-state index contributed by atoms with van der Waals surface area (Å²) >= 11 is 1.99. The van der Waals surface area contributed by atoms with E-state index in [1.165, 1.54) is 14.0 Å². The Labute approximate surface area is 103 Å². The van der Waals surface area contributed by atoms with Crippen LogP contribution in [0, 0.1) is 6.57 Å². The van der Waals surface area contributed by atoms with E-state index in [9.17, 15) is 9.59 Å². The van der Waals surface area contributed by atoms with E-state index < -0.39 is 11.5 Å². The van der Waals surface area contributed by atoms with Crippen LogP contribution in [0.1, 0.15) is 19.8 Å². The lowest BCUT2D eigenvalue weighted by molar-refractivity contribution is -0.146. The van der Waals surface area contributed by atoms with E-state index in [1.54, 1.807) is 10.2 Å². The van der Waals surface area contributed by atoms with Gasteiger partial charge in [-0.3, -0.25) is 9.64 Å². The zero-order valence-corrected chi connectivity index (χ0v) is 10.8. The molecule has 0 saturated carbocycles. The van der Waals surface area contributed by atoms with Crippen LogP contribution in [0.3, 0.4) is 0 Å². The summed E-state index contributed by atoms with van der Waals surface area (Å²) in [6.45, 7) is 8.41. The van der Waals surface area contributed by atoms with Crippen LogP contribution in [0.2, 0.25) is 0 Å². The summed E-state index contributed by atoms with van der Waals surface area (Å²) in [7, 11) is 1.22. The maximum Gasteiger partial charge on any atom is 0.393 e. The summed E-state index contributed by atoms with van der Waals surface area (Å²) in [5, 5.41) is 0. The van der Waals surface area contributed by atoms with Crippen molar-refractivity contribution in [3.8, 4) is 0 Å². The molecule has 0 radical (unpaired) electrons. The molecule has 0 fully saturated rings. The molecule has 0 aliphatic rings. The van der Waals surface area contributed by atoms with Gasteiger partial charge in [-0.15, -0.1) is 0 Å². The first-order chi connectivity index (χ1) is 7.02. The number of Topliss-reactive ketones (excluding diaryl/α,β-unsaturated/α-hetero) is 1. The second-order valence-electron chi connectivity index (χ2n) is 3.08. The fourth-order valence-electron chi connectivity index (χ4n) is 1.20. The molecular formula is C10H12INO3. The molecule has 0 aliphatic carbocycles. The molecule has 4 nitrogen and oxygen atoms in total. The molecule has 0 saturated heterocycles. The van der Waals surface area contributed by atoms with E-state index in [1.807, 2.05) is 22.6 Å². The molecular weight excluding hydrogens is 309 g/mol. The Hall–Kier alpha value is -0.900. The second-order valence-corrected chi connectivity index (χ2v) is 3.80. The molecule has 0 bridgehead atoms. The third-order valence-electron chi connectivity index (χ3n) is 1.87. The third-order valence-corrected chi connectivity index (χ3v) is 2.37. The van der Waals surface area contributed by atoms with Gasteiger partial charge in [0.15, 0.2) is 0 Å². The minimum absolute atomic E-state index is 0.107. The first-order valence-corrected chi connectivity index (χ1v) is 5.48. The van der Waals surface area contributed by atoms with Crippen molar-refractivity contribution in [1.29, 1.82) is 0 Å². The molecule has 1 atom stereocenters. The number of ether oxygens (including phenoxy) is 1. The molecule has 0 aromatic rings. The van der Waals surface area contributed by atoms with Crippen molar-refractivity contribution in [3.63, 3.8) is 0 Å². The van der Waals surface area contributed by atoms with Crippen molar-refractivity contribution in [1.82, 2.24) is 0 Å². The van der Waals surface area contributed by atoms with Gasteiger partial charge < -0.3 is 4.74 Å². The van der Waals surface area contributed by atoms with Gasteiger partial charge in [0.1, 0.15) is 5.78 Å². The molecule has 0 amide bonds. The Morgan fingerprint density at radius 3 is 2.53 bits per heavy atom. The quantitative estimate of drug-likeness (QED) is 0.443. The van der Waals surface area contributed by atoms with Crippen LogP contribution in [0.5, 0.6) is 0 Å². The number of halogens is 1. The molecule has 0 rings (SSSR count). The van der Waals surface area contributed by atoms with Crippen molar-refractivity contribution in [2.75, 3.05) is 7.11 Å². The normalized spacial score (nSPS) is 14.3. The zero-order chi connectivity index (χ0) is 11.9. The number of rotatable bonds is 5. The minimum Gasteiger partial charge on any atom is -0.463 e. The Morgan fingerprint density at radius 2 is 2.20 bits per heavy atom. The van der Waals surface area contributed by atoms with Crippen LogP contribution in [0.15, 0.2) is 10.2 Å². The monoisotopic (exact) mass is 321 g/mol. The summed E-state index contributed by atoms with van der Waals surface area (Å²) in [4.78, 5) is 25.8. The molecule has 0 aromatic carbocycles. The average molecular weight is 321 g/mol. The first kappa shape index (κ1) is 14.1. The van der Waals surface area contributed by atoms with Crippen LogP contribution < -0.4 is 0 Å². The van der Waals surface area contributed by atoms with Gasteiger partial charge in [-0.05, 0) is 11.0 Å². The van der Waals surface area contributed by atoms with Gasteiger partial charge in [0.05, 0.1) is 20.0 Å². The minimum atomic E-state index is -1.39. The number of esters is 1. The van der Waals surface area contributed by atoms with Gasteiger partial charge in [0.2, 0.25) is 0 Å². The lowest BCUT2D eigenvalue weighted by Gasteiger charge is -2.15. The number of methoxy groups -OCH3 is 1. The summed E-state index contributed by atoms with van der Waals surface area (Å²) in [5.74, 6) is -0.847. The molecule has 82 valence electrons. The summed E-state index contributed by atoms with van der Waals surface area (Å²) in [5.41, 5.74) is -1.39. The molecule has 0 unspecified atom stereocenters. The maximum absolute atomic E-state index is 11.5. The highest BCUT2D eigenvalue weighted by Crippen LogP contribution is 2.24. The number of nitrogens with zero attached hydrogens (tertiary/aromatic N) is 1. The fraction of sp³-hybridized carbons (Fsp3) is 0.500.